The van der Waals surface area contributed by atoms with Crippen LogP contribution in [0.5, 0.6) is 0 Å². The molecule has 1 rings (SSSR count). The van der Waals surface area contributed by atoms with Gasteiger partial charge in [-0.3, -0.25) is 4.99 Å². The van der Waals surface area contributed by atoms with Crippen molar-refractivity contribution in [3.05, 3.63) is 23.7 Å². The van der Waals surface area contributed by atoms with Crippen molar-refractivity contribution in [2.24, 2.45) is 10.8 Å². The van der Waals surface area contributed by atoms with Crippen LogP contribution >= 0.6 is 0 Å². The van der Waals surface area contributed by atoms with Crippen LogP contribution < -0.4 is 11.3 Å². The molecule has 1 aromatic heterocycles. The van der Waals surface area contributed by atoms with Crippen molar-refractivity contribution < 1.29 is 4.42 Å². The largest absolute Gasteiger partial charge is 0.469 e. The van der Waals surface area contributed by atoms with Crippen LogP contribution in [0.3, 0.4) is 0 Å². The standard InChI is InChI=1S/C10H17N3O/c1-7-8(5-6-14-7)9(13-11)12-10(2,3)4/h5-6H,11H2,1-4H3,(H,12,13). The summed E-state index contributed by atoms with van der Waals surface area (Å²) in [7, 11) is 0. The smallest absolute Gasteiger partial charge is 0.146 e. The number of furan rings is 1. The topological polar surface area (TPSA) is 63.5 Å². The van der Waals surface area contributed by atoms with Crippen LogP contribution in [0.4, 0.5) is 0 Å². The van der Waals surface area contributed by atoms with Crippen molar-refractivity contribution in [3.8, 4) is 0 Å². The Morgan fingerprint density at radius 3 is 2.50 bits per heavy atom. The molecule has 0 radical (unpaired) electrons. The molecule has 0 aliphatic rings. The number of nitrogens with zero attached hydrogens (tertiary/aromatic N) is 1. The minimum atomic E-state index is -0.161. The number of hydrogen-bond acceptors (Lipinski definition) is 3. The van der Waals surface area contributed by atoms with Crippen molar-refractivity contribution >= 4 is 5.84 Å². The molecule has 4 nitrogen and oxygen atoms in total. The number of hydrazine groups is 1. The van der Waals surface area contributed by atoms with Crippen LogP contribution in [0.1, 0.15) is 32.1 Å². The van der Waals surface area contributed by atoms with E-state index < -0.39 is 0 Å². The van der Waals surface area contributed by atoms with Gasteiger partial charge in [-0.1, -0.05) is 0 Å². The number of amidine groups is 1. The average molecular weight is 195 g/mol. The van der Waals surface area contributed by atoms with Crippen molar-refractivity contribution in [1.29, 1.82) is 0 Å². The summed E-state index contributed by atoms with van der Waals surface area (Å²) >= 11 is 0. The summed E-state index contributed by atoms with van der Waals surface area (Å²) in [6.45, 7) is 7.92. The molecule has 0 aromatic carbocycles. The Kier molecular flexibility index (Phi) is 2.96. The first-order valence-corrected chi connectivity index (χ1v) is 4.55. The van der Waals surface area contributed by atoms with Gasteiger partial charge in [-0.25, -0.2) is 5.84 Å². The molecule has 0 aliphatic heterocycles. The summed E-state index contributed by atoms with van der Waals surface area (Å²) in [6, 6.07) is 1.85. The second kappa shape index (κ2) is 3.84. The second-order valence-corrected chi connectivity index (χ2v) is 4.17. The van der Waals surface area contributed by atoms with Crippen LogP contribution in [-0.4, -0.2) is 11.4 Å². The van der Waals surface area contributed by atoms with Gasteiger partial charge in [0.1, 0.15) is 11.6 Å². The van der Waals surface area contributed by atoms with Gasteiger partial charge in [-0.2, -0.15) is 0 Å². The first-order chi connectivity index (χ1) is 6.44. The lowest BCUT2D eigenvalue weighted by atomic mass is 10.1. The lowest BCUT2D eigenvalue weighted by molar-refractivity contribution is 0.532. The van der Waals surface area contributed by atoms with E-state index in [0.717, 1.165) is 11.3 Å². The highest BCUT2D eigenvalue weighted by atomic mass is 16.3. The van der Waals surface area contributed by atoms with Crippen molar-refractivity contribution in [2.75, 3.05) is 0 Å². The molecule has 0 fully saturated rings. The van der Waals surface area contributed by atoms with Crippen molar-refractivity contribution in [1.82, 2.24) is 5.43 Å². The van der Waals surface area contributed by atoms with E-state index in [4.69, 9.17) is 10.3 Å². The van der Waals surface area contributed by atoms with E-state index in [2.05, 4.69) is 10.4 Å². The summed E-state index contributed by atoms with van der Waals surface area (Å²) in [6.07, 6.45) is 1.63. The third kappa shape index (κ3) is 2.60. The van der Waals surface area contributed by atoms with Gasteiger partial charge in [0.15, 0.2) is 0 Å². The molecular formula is C10H17N3O. The van der Waals surface area contributed by atoms with E-state index >= 15 is 0 Å². The number of rotatable bonds is 1. The molecular weight excluding hydrogens is 178 g/mol. The minimum Gasteiger partial charge on any atom is -0.469 e. The fraction of sp³-hybridized carbons (Fsp3) is 0.500. The van der Waals surface area contributed by atoms with Gasteiger partial charge in [0.2, 0.25) is 0 Å². The molecule has 78 valence electrons. The average Bonchev–Trinajstić information content (AvgIpc) is 2.45. The highest BCUT2D eigenvalue weighted by Crippen LogP contribution is 2.13. The van der Waals surface area contributed by atoms with Crippen LogP contribution in [-0.2, 0) is 0 Å². The predicted octanol–water partition coefficient (Wildman–Crippen LogP) is 1.60. The highest BCUT2D eigenvalue weighted by molar-refractivity contribution is 5.99. The Labute approximate surface area is 84.2 Å². The van der Waals surface area contributed by atoms with Gasteiger partial charge >= 0.3 is 0 Å². The van der Waals surface area contributed by atoms with Gasteiger partial charge in [-0.15, -0.1) is 0 Å². The Morgan fingerprint density at radius 1 is 1.50 bits per heavy atom. The Bertz CT molecular complexity index is 333. The fourth-order valence-corrected chi connectivity index (χ4v) is 1.14. The summed E-state index contributed by atoms with van der Waals surface area (Å²) in [5.41, 5.74) is 3.34. The molecule has 0 aliphatic carbocycles. The summed E-state index contributed by atoms with van der Waals surface area (Å²) in [5.74, 6) is 6.88. The monoisotopic (exact) mass is 195 g/mol. The Morgan fingerprint density at radius 2 is 2.14 bits per heavy atom. The number of aliphatic imine (C=N–C) groups is 1. The van der Waals surface area contributed by atoms with E-state index in [0.29, 0.717) is 5.84 Å². The second-order valence-electron chi connectivity index (χ2n) is 4.17. The van der Waals surface area contributed by atoms with E-state index in [9.17, 15) is 0 Å². The molecule has 14 heavy (non-hydrogen) atoms. The Hall–Kier alpha value is -1.29. The van der Waals surface area contributed by atoms with Gasteiger partial charge < -0.3 is 9.84 Å². The minimum absolute atomic E-state index is 0.161. The molecule has 4 heteroatoms. The molecule has 0 saturated carbocycles. The number of hydrogen-bond donors (Lipinski definition) is 2. The lowest BCUT2D eigenvalue weighted by Gasteiger charge is -2.15. The molecule has 0 atom stereocenters. The predicted molar refractivity (Wildman–Crippen MR) is 57.1 cm³/mol. The molecule has 0 bridgehead atoms. The van der Waals surface area contributed by atoms with Gasteiger partial charge in [-0.05, 0) is 33.8 Å². The van der Waals surface area contributed by atoms with Crippen LogP contribution in [0.25, 0.3) is 0 Å². The van der Waals surface area contributed by atoms with Gasteiger partial charge in [0.05, 0.1) is 17.4 Å². The maximum atomic E-state index is 5.42. The third-order valence-electron chi connectivity index (χ3n) is 1.70. The summed E-state index contributed by atoms with van der Waals surface area (Å²) in [5, 5.41) is 0. The molecule has 0 amide bonds. The first kappa shape index (κ1) is 10.8. The van der Waals surface area contributed by atoms with E-state index in [1.807, 2.05) is 33.8 Å². The summed E-state index contributed by atoms with van der Waals surface area (Å²) in [4.78, 5) is 4.45. The molecule has 1 aromatic rings. The third-order valence-corrected chi connectivity index (χ3v) is 1.70. The van der Waals surface area contributed by atoms with Gasteiger partial charge in [0.25, 0.3) is 0 Å². The van der Waals surface area contributed by atoms with Crippen LogP contribution in [0.15, 0.2) is 21.7 Å². The van der Waals surface area contributed by atoms with E-state index in [-0.39, 0.29) is 5.54 Å². The van der Waals surface area contributed by atoms with Gasteiger partial charge in [0, 0.05) is 0 Å². The maximum absolute atomic E-state index is 5.42. The van der Waals surface area contributed by atoms with Crippen LogP contribution in [0, 0.1) is 6.92 Å². The zero-order valence-electron chi connectivity index (χ0n) is 9.09. The highest BCUT2D eigenvalue weighted by Gasteiger charge is 2.13. The maximum Gasteiger partial charge on any atom is 0.146 e. The zero-order valence-corrected chi connectivity index (χ0v) is 9.09. The SMILES string of the molecule is Cc1occc1C(=NC(C)(C)C)NN. The lowest BCUT2D eigenvalue weighted by Crippen LogP contribution is -2.33. The normalized spacial score (nSPS) is 13.1. The number of aryl methyl sites for hydroxylation is 1. The first-order valence-electron chi connectivity index (χ1n) is 4.55. The van der Waals surface area contributed by atoms with Crippen molar-refractivity contribution in [3.63, 3.8) is 0 Å². The molecule has 0 saturated heterocycles. The Balaban J connectivity index is 3.05. The number of nitrogens with one attached hydrogen (secondary N) is 1. The quantitative estimate of drug-likeness (QED) is 0.309. The van der Waals surface area contributed by atoms with Crippen molar-refractivity contribution in [2.45, 2.75) is 33.2 Å². The molecule has 0 spiro atoms. The number of nitrogens with two attached hydrogens (primary N) is 1. The molecule has 0 unspecified atom stereocenters. The summed E-state index contributed by atoms with van der Waals surface area (Å²) < 4.78 is 5.19. The molecule has 3 N–H and O–H groups in total. The van der Waals surface area contributed by atoms with E-state index in [1.165, 1.54) is 0 Å². The van der Waals surface area contributed by atoms with E-state index in [1.54, 1.807) is 6.26 Å². The van der Waals surface area contributed by atoms with Crippen LogP contribution in [0.2, 0.25) is 0 Å². The molecule has 1 heterocycles. The fourth-order valence-electron chi connectivity index (χ4n) is 1.14. The zero-order chi connectivity index (χ0) is 10.8.